The van der Waals surface area contributed by atoms with Crippen molar-refractivity contribution in [3.63, 3.8) is 0 Å². The maximum atomic E-state index is 11.3. The van der Waals surface area contributed by atoms with Crippen LogP contribution in [0, 0.1) is 6.92 Å². The van der Waals surface area contributed by atoms with Gasteiger partial charge in [-0.2, -0.15) is 0 Å². The summed E-state index contributed by atoms with van der Waals surface area (Å²) in [5, 5.41) is 3.05. The molecule has 0 saturated heterocycles. The average Bonchev–Trinajstić information content (AvgIpc) is 2.18. The second kappa shape index (κ2) is 5.89. The maximum Gasteiger partial charge on any atom is 0.325 e. The minimum atomic E-state index is -0.241. The molecule has 1 aromatic carbocycles. The summed E-state index contributed by atoms with van der Waals surface area (Å²) in [6, 6.07) is 5.89. The number of rotatable bonds is 4. The van der Waals surface area contributed by atoms with Gasteiger partial charge in [-0.1, -0.05) is 22.0 Å². The highest BCUT2D eigenvalue weighted by Crippen LogP contribution is 2.20. The normalized spacial score (nSPS) is 10.3. The lowest BCUT2D eigenvalue weighted by Crippen LogP contribution is -2.20. The van der Waals surface area contributed by atoms with Gasteiger partial charge in [-0.15, -0.1) is 0 Å². The summed E-state index contributed by atoms with van der Waals surface area (Å²) in [5.41, 5.74) is 2.04. The lowest BCUT2D eigenvalue weighted by molar-refractivity contribution is -0.145. The van der Waals surface area contributed by atoms with Crippen LogP contribution in [0.2, 0.25) is 0 Å². The molecule has 0 unspecified atom stereocenters. The maximum absolute atomic E-state index is 11.3. The van der Waals surface area contributed by atoms with Crippen LogP contribution in [-0.2, 0) is 9.53 Å². The van der Waals surface area contributed by atoms with Crippen LogP contribution in [0.15, 0.2) is 22.7 Å². The Balaban J connectivity index is 2.54. The molecule has 0 aromatic heterocycles. The molecular formula is C12H16BrNO2. The molecule has 0 radical (unpaired) electrons. The molecule has 3 nitrogen and oxygen atoms in total. The molecule has 0 amide bonds. The van der Waals surface area contributed by atoms with E-state index < -0.39 is 0 Å². The van der Waals surface area contributed by atoms with E-state index in [-0.39, 0.29) is 18.6 Å². The summed E-state index contributed by atoms with van der Waals surface area (Å²) in [6.07, 6.45) is -0.0714. The van der Waals surface area contributed by atoms with Crippen molar-refractivity contribution < 1.29 is 9.53 Å². The SMILES string of the molecule is Cc1ccc(Br)cc1NCC(=O)OC(C)C. The number of hydrogen-bond donors (Lipinski definition) is 1. The van der Waals surface area contributed by atoms with Crippen molar-refractivity contribution in [3.05, 3.63) is 28.2 Å². The number of halogens is 1. The lowest BCUT2D eigenvalue weighted by Gasteiger charge is -2.11. The van der Waals surface area contributed by atoms with Gasteiger partial charge in [0.15, 0.2) is 0 Å². The highest BCUT2D eigenvalue weighted by Gasteiger charge is 2.06. The van der Waals surface area contributed by atoms with Crippen molar-refractivity contribution in [2.45, 2.75) is 26.9 Å². The van der Waals surface area contributed by atoms with Gasteiger partial charge in [0.2, 0.25) is 0 Å². The number of anilines is 1. The third-order valence-electron chi connectivity index (χ3n) is 1.99. The van der Waals surface area contributed by atoms with Crippen molar-refractivity contribution in [3.8, 4) is 0 Å². The average molecular weight is 286 g/mol. The number of nitrogens with one attached hydrogen (secondary N) is 1. The molecule has 1 aromatic rings. The van der Waals surface area contributed by atoms with Crippen molar-refractivity contribution in [1.29, 1.82) is 0 Å². The molecule has 1 rings (SSSR count). The minimum Gasteiger partial charge on any atom is -0.462 e. The van der Waals surface area contributed by atoms with Gasteiger partial charge in [-0.05, 0) is 38.5 Å². The van der Waals surface area contributed by atoms with Gasteiger partial charge in [0, 0.05) is 10.2 Å². The van der Waals surface area contributed by atoms with Crippen LogP contribution in [-0.4, -0.2) is 18.6 Å². The van der Waals surface area contributed by atoms with Crippen molar-refractivity contribution in [2.24, 2.45) is 0 Å². The second-order valence-electron chi connectivity index (χ2n) is 3.85. The van der Waals surface area contributed by atoms with Gasteiger partial charge in [0.25, 0.3) is 0 Å². The highest BCUT2D eigenvalue weighted by molar-refractivity contribution is 9.10. The summed E-state index contributed by atoms with van der Waals surface area (Å²) < 4.78 is 6.01. The van der Waals surface area contributed by atoms with Crippen LogP contribution in [0.4, 0.5) is 5.69 Å². The molecule has 0 spiro atoms. The zero-order chi connectivity index (χ0) is 12.1. The Morgan fingerprint density at radius 1 is 1.50 bits per heavy atom. The van der Waals surface area contributed by atoms with E-state index in [9.17, 15) is 4.79 Å². The highest BCUT2D eigenvalue weighted by atomic mass is 79.9. The number of carbonyl (C=O) groups excluding carboxylic acids is 1. The summed E-state index contributed by atoms with van der Waals surface area (Å²) in [4.78, 5) is 11.3. The first kappa shape index (κ1) is 13.0. The molecule has 0 aliphatic rings. The summed E-state index contributed by atoms with van der Waals surface area (Å²) in [6.45, 7) is 5.85. The number of aryl methyl sites for hydroxylation is 1. The Morgan fingerprint density at radius 2 is 2.19 bits per heavy atom. The second-order valence-corrected chi connectivity index (χ2v) is 4.77. The van der Waals surface area contributed by atoms with Gasteiger partial charge in [0.05, 0.1) is 6.10 Å². The quantitative estimate of drug-likeness (QED) is 0.864. The van der Waals surface area contributed by atoms with E-state index in [0.717, 1.165) is 15.7 Å². The molecule has 4 heteroatoms. The molecular weight excluding hydrogens is 270 g/mol. The third-order valence-corrected chi connectivity index (χ3v) is 2.48. The predicted octanol–water partition coefficient (Wildman–Crippen LogP) is 3.12. The Morgan fingerprint density at radius 3 is 2.81 bits per heavy atom. The van der Waals surface area contributed by atoms with E-state index >= 15 is 0 Å². The van der Waals surface area contributed by atoms with Gasteiger partial charge in [-0.3, -0.25) is 4.79 Å². The number of benzene rings is 1. The van der Waals surface area contributed by atoms with Crippen LogP contribution in [0.25, 0.3) is 0 Å². The van der Waals surface area contributed by atoms with Crippen molar-refractivity contribution in [1.82, 2.24) is 0 Å². The first-order chi connectivity index (χ1) is 7.49. The minimum absolute atomic E-state index is 0.0714. The zero-order valence-corrected chi connectivity index (χ0v) is 11.3. The Kier molecular flexibility index (Phi) is 4.80. The first-order valence-corrected chi connectivity index (χ1v) is 5.98. The van der Waals surface area contributed by atoms with E-state index in [1.54, 1.807) is 0 Å². The summed E-state index contributed by atoms with van der Waals surface area (Å²) >= 11 is 3.39. The summed E-state index contributed by atoms with van der Waals surface area (Å²) in [7, 11) is 0. The zero-order valence-electron chi connectivity index (χ0n) is 9.71. The molecule has 0 aliphatic carbocycles. The van der Waals surface area contributed by atoms with Crippen molar-refractivity contribution >= 4 is 27.6 Å². The molecule has 0 heterocycles. The lowest BCUT2D eigenvalue weighted by atomic mass is 10.2. The van der Waals surface area contributed by atoms with E-state index in [2.05, 4.69) is 21.2 Å². The Labute approximate surface area is 104 Å². The molecule has 0 saturated carbocycles. The fraction of sp³-hybridized carbons (Fsp3) is 0.417. The predicted molar refractivity (Wildman–Crippen MR) is 68.6 cm³/mol. The van der Waals surface area contributed by atoms with Gasteiger partial charge in [0.1, 0.15) is 6.54 Å². The van der Waals surface area contributed by atoms with E-state index in [0.29, 0.717) is 0 Å². The molecule has 0 bridgehead atoms. The molecule has 0 aliphatic heterocycles. The first-order valence-electron chi connectivity index (χ1n) is 5.18. The van der Waals surface area contributed by atoms with E-state index in [1.165, 1.54) is 0 Å². The Bertz CT molecular complexity index is 377. The number of carbonyl (C=O) groups is 1. The van der Waals surface area contributed by atoms with Gasteiger partial charge in [-0.25, -0.2) is 0 Å². The van der Waals surface area contributed by atoms with Crippen LogP contribution in [0.5, 0.6) is 0 Å². The largest absolute Gasteiger partial charge is 0.462 e. The van der Waals surface area contributed by atoms with Crippen molar-refractivity contribution in [2.75, 3.05) is 11.9 Å². The molecule has 1 N–H and O–H groups in total. The van der Waals surface area contributed by atoms with E-state index in [4.69, 9.17) is 4.74 Å². The molecule has 0 atom stereocenters. The van der Waals surface area contributed by atoms with Crippen LogP contribution in [0.1, 0.15) is 19.4 Å². The van der Waals surface area contributed by atoms with Gasteiger partial charge < -0.3 is 10.1 Å². The number of hydrogen-bond acceptors (Lipinski definition) is 3. The van der Waals surface area contributed by atoms with Crippen LogP contribution >= 0.6 is 15.9 Å². The molecule has 16 heavy (non-hydrogen) atoms. The van der Waals surface area contributed by atoms with E-state index in [1.807, 2.05) is 39.0 Å². The topological polar surface area (TPSA) is 38.3 Å². The fourth-order valence-corrected chi connectivity index (χ4v) is 1.62. The number of ether oxygens (including phenoxy) is 1. The molecule has 0 fully saturated rings. The smallest absolute Gasteiger partial charge is 0.325 e. The van der Waals surface area contributed by atoms with Crippen LogP contribution < -0.4 is 5.32 Å². The Hall–Kier alpha value is -1.03. The monoisotopic (exact) mass is 285 g/mol. The third kappa shape index (κ3) is 4.23. The molecule has 88 valence electrons. The van der Waals surface area contributed by atoms with Crippen LogP contribution in [0.3, 0.4) is 0 Å². The van der Waals surface area contributed by atoms with Gasteiger partial charge >= 0.3 is 5.97 Å². The standard InChI is InChI=1S/C12H16BrNO2/c1-8(2)16-12(15)7-14-11-6-10(13)5-4-9(11)3/h4-6,8,14H,7H2,1-3H3. The summed E-state index contributed by atoms with van der Waals surface area (Å²) in [5.74, 6) is -0.241. The fourth-order valence-electron chi connectivity index (χ4n) is 1.26. The number of esters is 1.